The molecule has 0 saturated heterocycles. The van der Waals surface area contributed by atoms with Gasteiger partial charge in [0.25, 0.3) is 0 Å². The maximum atomic E-state index is 12.2. The van der Waals surface area contributed by atoms with Crippen LogP contribution in [0.3, 0.4) is 0 Å². The molecule has 0 atom stereocenters. The van der Waals surface area contributed by atoms with Crippen LogP contribution in [-0.2, 0) is 0 Å². The van der Waals surface area contributed by atoms with Crippen molar-refractivity contribution in [2.75, 3.05) is 0 Å². The smallest absolute Gasteiger partial charge is 0.202 e. The molecule has 0 amide bonds. The standard InChI is InChI=1S/C6H5F7/c1-2-5(9,10)3(7)4(8)6(11,12)13/h2H2,1H3. The van der Waals surface area contributed by atoms with Gasteiger partial charge in [0.05, 0.1) is 0 Å². The quantitative estimate of drug-likeness (QED) is 0.609. The normalized spacial score (nSPS) is 15.7. The molecule has 0 radical (unpaired) electrons. The van der Waals surface area contributed by atoms with Crippen LogP contribution in [0.1, 0.15) is 13.3 Å². The van der Waals surface area contributed by atoms with Gasteiger partial charge < -0.3 is 0 Å². The highest BCUT2D eigenvalue weighted by Gasteiger charge is 2.46. The third kappa shape index (κ3) is 2.89. The van der Waals surface area contributed by atoms with Crippen molar-refractivity contribution in [2.45, 2.75) is 25.4 Å². The van der Waals surface area contributed by atoms with Gasteiger partial charge in [-0.05, 0) is 0 Å². The third-order valence-electron chi connectivity index (χ3n) is 1.21. The lowest BCUT2D eigenvalue weighted by molar-refractivity contribution is -0.117. The molecule has 0 fully saturated rings. The molecule has 0 bridgehead atoms. The van der Waals surface area contributed by atoms with Gasteiger partial charge in [0.2, 0.25) is 11.7 Å². The van der Waals surface area contributed by atoms with Gasteiger partial charge >= 0.3 is 12.1 Å². The van der Waals surface area contributed by atoms with E-state index in [4.69, 9.17) is 0 Å². The van der Waals surface area contributed by atoms with Crippen molar-refractivity contribution >= 4 is 0 Å². The Labute approximate surface area is 69.0 Å². The second-order valence-electron chi connectivity index (χ2n) is 2.18. The van der Waals surface area contributed by atoms with E-state index in [1.807, 2.05) is 0 Å². The summed E-state index contributed by atoms with van der Waals surface area (Å²) in [6, 6.07) is 0. The Morgan fingerprint density at radius 3 is 1.54 bits per heavy atom. The van der Waals surface area contributed by atoms with Crippen molar-refractivity contribution in [2.24, 2.45) is 0 Å². The van der Waals surface area contributed by atoms with E-state index in [0.717, 1.165) is 6.92 Å². The fourth-order valence-electron chi connectivity index (χ4n) is 0.440. The topological polar surface area (TPSA) is 0 Å². The summed E-state index contributed by atoms with van der Waals surface area (Å²) in [6.07, 6.45) is -6.94. The maximum absolute atomic E-state index is 12.2. The Morgan fingerprint density at radius 2 is 1.31 bits per heavy atom. The van der Waals surface area contributed by atoms with Crippen LogP contribution in [0, 0.1) is 0 Å². The Balaban J connectivity index is 5.04. The molecule has 0 aromatic carbocycles. The van der Waals surface area contributed by atoms with Crippen LogP contribution in [-0.4, -0.2) is 12.1 Å². The first-order chi connectivity index (χ1) is 5.63. The second kappa shape index (κ2) is 3.55. The summed E-state index contributed by atoms with van der Waals surface area (Å²) >= 11 is 0. The highest BCUT2D eigenvalue weighted by atomic mass is 19.4. The Kier molecular flexibility index (Phi) is 3.34. The minimum atomic E-state index is -5.71. The summed E-state index contributed by atoms with van der Waals surface area (Å²) in [4.78, 5) is 0. The summed E-state index contributed by atoms with van der Waals surface area (Å²) in [6.45, 7) is 0.739. The third-order valence-corrected chi connectivity index (χ3v) is 1.21. The van der Waals surface area contributed by atoms with Crippen LogP contribution >= 0.6 is 0 Å². The minimum Gasteiger partial charge on any atom is -0.202 e. The Morgan fingerprint density at radius 1 is 0.923 bits per heavy atom. The van der Waals surface area contributed by atoms with Gasteiger partial charge in [0.1, 0.15) is 0 Å². The number of alkyl halides is 5. The minimum absolute atomic E-state index is 0.739. The first kappa shape index (κ1) is 12.2. The number of hydrogen-bond acceptors (Lipinski definition) is 0. The van der Waals surface area contributed by atoms with Crippen molar-refractivity contribution in [3.63, 3.8) is 0 Å². The number of rotatable bonds is 2. The van der Waals surface area contributed by atoms with Gasteiger partial charge in [0, 0.05) is 6.42 Å². The first-order valence-corrected chi connectivity index (χ1v) is 3.13. The molecule has 0 aliphatic rings. The predicted octanol–water partition coefficient (Wildman–Crippen LogP) is 3.74. The molecule has 0 nitrogen and oxygen atoms in total. The first-order valence-electron chi connectivity index (χ1n) is 3.13. The molecule has 0 aromatic heterocycles. The van der Waals surface area contributed by atoms with E-state index in [1.54, 1.807) is 0 Å². The molecule has 0 unspecified atom stereocenters. The van der Waals surface area contributed by atoms with Gasteiger partial charge in [0.15, 0.2) is 0 Å². The zero-order chi connectivity index (χ0) is 10.9. The fraction of sp³-hybridized carbons (Fsp3) is 0.667. The van der Waals surface area contributed by atoms with Crippen LogP contribution in [0.15, 0.2) is 11.7 Å². The van der Waals surface area contributed by atoms with Crippen LogP contribution in [0.25, 0.3) is 0 Å². The Hall–Kier alpha value is -0.750. The summed E-state index contributed by atoms with van der Waals surface area (Å²) < 4.78 is 82.4. The van der Waals surface area contributed by atoms with E-state index < -0.39 is 30.2 Å². The average molecular weight is 210 g/mol. The van der Waals surface area contributed by atoms with Crippen LogP contribution in [0.2, 0.25) is 0 Å². The number of halogens is 7. The second-order valence-corrected chi connectivity index (χ2v) is 2.18. The molecule has 13 heavy (non-hydrogen) atoms. The zero-order valence-corrected chi connectivity index (χ0v) is 6.35. The molecule has 78 valence electrons. The molecule has 0 aliphatic heterocycles. The van der Waals surface area contributed by atoms with Gasteiger partial charge in [-0.1, -0.05) is 6.92 Å². The van der Waals surface area contributed by atoms with Crippen molar-refractivity contribution in [3.8, 4) is 0 Å². The van der Waals surface area contributed by atoms with Crippen LogP contribution in [0.5, 0.6) is 0 Å². The largest absolute Gasteiger partial charge is 0.445 e. The molecule has 0 heterocycles. The van der Waals surface area contributed by atoms with Gasteiger partial charge in [-0.25, -0.2) is 4.39 Å². The lowest BCUT2D eigenvalue weighted by Crippen LogP contribution is -2.21. The van der Waals surface area contributed by atoms with E-state index in [9.17, 15) is 30.7 Å². The molecular weight excluding hydrogens is 205 g/mol. The lowest BCUT2D eigenvalue weighted by atomic mass is 10.2. The van der Waals surface area contributed by atoms with E-state index in [2.05, 4.69) is 0 Å². The van der Waals surface area contributed by atoms with Crippen LogP contribution in [0.4, 0.5) is 30.7 Å². The maximum Gasteiger partial charge on any atom is 0.445 e. The van der Waals surface area contributed by atoms with Crippen molar-refractivity contribution in [1.82, 2.24) is 0 Å². The monoisotopic (exact) mass is 210 g/mol. The van der Waals surface area contributed by atoms with E-state index in [1.165, 1.54) is 0 Å². The molecule has 0 N–H and O–H groups in total. The molecule has 0 aromatic rings. The number of hydrogen-bond donors (Lipinski definition) is 0. The molecule has 7 heteroatoms. The van der Waals surface area contributed by atoms with E-state index in [-0.39, 0.29) is 0 Å². The zero-order valence-electron chi connectivity index (χ0n) is 6.35. The summed E-state index contributed by atoms with van der Waals surface area (Å²) in [5.41, 5.74) is 0. The summed E-state index contributed by atoms with van der Waals surface area (Å²) in [5, 5.41) is 0. The van der Waals surface area contributed by atoms with Gasteiger partial charge in [-0.2, -0.15) is 26.3 Å². The molecule has 0 rings (SSSR count). The molecule has 0 saturated carbocycles. The molecule has 0 spiro atoms. The van der Waals surface area contributed by atoms with E-state index in [0.29, 0.717) is 0 Å². The molecule has 0 aliphatic carbocycles. The van der Waals surface area contributed by atoms with Crippen molar-refractivity contribution < 1.29 is 30.7 Å². The van der Waals surface area contributed by atoms with Gasteiger partial charge in [-0.3, -0.25) is 0 Å². The number of allylic oxidation sites excluding steroid dienone is 2. The highest BCUT2D eigenvalue weighted by molar-refractivity contribution is 5.13. The van der Waals surface area contributed by atoms with Crippen molar-refractivity contribution in [1.29, 1.82) is 0 Å². The van der Waals surface area contributed by atoms with Crippen LogP contribution < -0.4 is 0 Å². The molecular formula is C6H5F7. The van der Waals surface area contributed by atoms with Gasteiger partial charge in [-0.15, -0.1) is 0 Å². The predicted molar refractivity (Wildman–Crippen MR) is 30.5 cm³/mol. The highest BCUT2D eigenvalue weighted by Crippen LogP contribution is 2.38. The lowest BCUT2D eigenvalue weighted by Gasteiger charge is -2.13. The Bertz CT molecular complexity index is 212. The average Bonchev–Trinajstić information content (AvgIpc) is 2.00. The summed E-state index contributed by atoms with van der Waals surface area (Å²) in [7, 11) is 0. The van der Waals surface area contributed by atoms with E-state index >= 15 is 0 Å². The SMILES string of the molecule is CCC(F)(F)C(F)=C(F)C(F)(F)F. The summed E-state index contributed by atoms with van der Waals surface area (Å²) in [5.74, 6) is -10.8. The fourth-order valence-corrected chi connectivity index (χ4v) is 0.440. The van der Waals surface area contributed by atoms with Crippen molar-refractivity contribution in [3.05, 3.63) is 11.7 Å².